The fraction of sp³-hybridized carbons (Fsp3) is 0.811. The van der Waals surface area contributed by atoms with E-state index in [4.69, 9.17) is 4.74 Å². The fourth-order valence-corrected chi connectivity index (χ4v) is 7.60. The van der Waals surface area contributed by atoms with Crippen LogP contribution in [0.4, 0.5) is 0 Å². The van der Waals surface area contributed by atoms with E-state index in [1.807, 2.05) is 0 Å². The van der Waals surface area contributed by atoms with Gasteiger partial charge in [-0.15, -0.1) is 0 Å². The van der Waals surface area contributed by atoms with Gasteiger partial charge >= 0.3 is 5.97 Å². The summed E-state index contributed by atoms with van der Waals surface area (Å²) in [6.45, 7) is 6.36. The van der Waals surface area contributed by atoms with Crippen LogP contribution in [0, 0.1) is 0 Å². The maximum absolute atomic E-state index is 13.2. The lowest BCUT2D eigenvalue weighted by Gasteiger charge is -2.24. The minimum atomic E-state index is -0.791. The number of allylic oxidation sites excluding steroid dienone is 8. The third-order valence-corrected chi connectivity index (χ3v) is 11.4. The smallest absolute Gasteiger partial charge is 0.306 e. The average molecular weight is 828 g/mol. The Hall–Kier alpha value is -2.18. The molecular formula is C53H97NO5. The number of aliphatic hydroxyl groups excluding tert-OH is 2. The SMILES string of the molecule is CC/C=C/C/C=C/C/C=C/C/C=C/CCCCCC(=O)OC(CCCCCCCCCCCCCC)CC(=O)NC(CO)C(O)CCCCCCCCCCCCCC. The van der Waals surface area contributed by atoms with Crippen LogP contribution >= 0.6 is 0 Å². The van der Waals surface area contributed by atoms with Crippen LogP contribution < -0.4 is 5.32 Å². The lowest BCUT2D eigenvalue weighted by atomic mass is 10.0. The number of rotatable bonds is 45. The number of carbonyl (C=O) groups is 2. The molecule has 0 bridgehead atoms. The van der Waals surface area contributed by atoms with Gasteiger partial charge in [0.25, 0.3) is 0 Å². The number of carbonyl (C=O) groups excluding carboxylic acids is 2. The van der Waals surface area contributed by atoms with Crippen molar-refractivity contribution < 1.29 is 24.5 Å². The molecule has 344 valence electrons. The Kier molecular flexibility index (Phi) is 45.1. The van der Waals surface area contributed by atoms with E-state index in [1.54, 1.807) is 0 Å². The van der Waals surface area contributed by atoms with Gasteiger partial charge in [-0.3, -0.25) is 9.59 Å². The third-order valence-electron chi connectivity index (χ3n) is 11.4. The van der Waals surface area contributed by atoms with E-state index in [9.17, 15) is 19.8 Å². The number of esters is 1. The molecule has 0 fully saturated rings. The monoisotopic (exact) mass is 828 g/mol. The summed E-state index contributed by atoms with van der Waals surface area (Å²) in [7, 11) is 0. The molecule has 0 aromatic carbocycles. The van der Waals surface area contributed by atoms with Crippen molar-refractivity contribution in [3.63, 3.8) is 0 Å². The van der Waals surface area contributed by atoms with Gasteiger partial charge in [0.15, 0.2) is 0 Å². The minimum Gasteiger partial charge on any atom is -0.462 e. The fourth-order valence-electron chi connectivity index (χ4n) is 7.60. The molecule has 6 nitrogen and oxygen atoms in total. The number of hydrogen-bond donors (Lipinski definition) is 3. The molecule has 0 aliphatic carbocycles. The summed E-state index contributed by atoms with van der Waals surface area (Å²) < 4.78 is 5.92. The van der Waals surface area contributed by atoms with Gasteiger partial charge in [0.1, 0.15) is 6.10 Å². The Morgan fingerprint density at radius 3 is 1.37 bits per heavy atom. The average Bonchev–Trinajstić information content (AvgIpc) is 3.23. The molecule has 6 heteroatoms. The molecule has 0 heterocycles. The lowest BCUT2D eigenvalue weighted by molar-refractivity contribution is -0.151. The first-order valence-corrected chi connectivity index (χ1v) is 25.4. The van der Waals surface area contributed by atoms with E-state index in [0.29, 0.717) is 19.3 Å². The summed E-state index contributed by atoms with van der Waals surface area (Å²) in [5.74, 6) is -0.504. The van der Waals surface area contributed by atoms with E-state index >= 15 is 0 Å². The van der Waals surface area contributed by atoms with Crippen molar-refractivity contribution in [1.82, 2.24) is 5.32 Å². The van der Waals surface area contributed by atoms with Gasteiger partial charge < -0.3 is 20.3 Å². The predicted octanol–water partition coefficient (Wildman–Crippen LogP) is 15.1. The van der Waals surface area contributed by atoms with Crippen LogP contribution in [0.2, 0.25) is 0 Å². The van der Waals surface area contributed by atoms with Gasteiger partial charge in [0.2, 0.25) is 5.91 Å². The molecule has 1 amide bonds. The maximum Gasteiger partial charge on any atom is 0.306 e. The summed E-state index contributed by atoms with van der Waals surface area (Å²) in [5.41, 5.74) is 0. The Morgan fingerprint density at radius 2 is 0.915 bits per heavy atom. The maximum atomic E-state index is 13.2. The van der Waals surface area contributed by atoms with Crippen LogP contribution in [0.15, 0.2) is 48.6 Å². The molecule has 0 aromatic rings. The van der Waals surface area contributed by atoms with Gasteiger partial charge in [-0.05, 0) is 64.2 Å². The van der Waals surface area contributed by atoms with Crippen molar-refractivity contribution in [2.75, 3.05) is 6.61 Å². The highest BCUT2D eigenvalue weighted by Gasteiger charge is 2.24. The van der Waals surface area contributed by atoms with E-state index in [-0.39, 0.29) is 24.9 Å². The van der Waals surface area contributed by atoms with E-state index in [1.165, 1.54) is 122 Å². The first kappa shape index (κ1) is 56.8. The van der Waals surface area contributed by atoms with E-state index in [0.717, 1.165) is 83.5 Å². The molecule has 0 aliphatic heterocycles. The number of aliphatic hydroxyl groups is 2. The molecule has 3 unspecified atom stereocenters. The molecule has 0 rings (SSSR count). The van der Waals surface area contributed by atoms with Crippen molar-refractivity contribution in [1.29, 1.82) is 0 Å². The zero-order valence-corrected chi connectivity index (χ0v) is 39.1. The zero-order valence-electron chi connectivity index (χ0n) is 39.1. The first-order chi connectivity index (χ1) is 29.0. The summed E-state index contributed by atoms with van der Waals surface area (Å²) >= 11 is 0. The molecule has 59 heavy (non-hydrogen) atoms. The van der Waals surface area contributed by atoms with E-state index in [2.05, 4.69) is 74.7 Å². The predicted molar refractivity (Wildman–Crippen MR) is 255 cm³/mol. The molecule has 0 spiro atoms. The van der Waals surface area contributed by atoms with Gasteiger partial charge in [0, 0.05) is 6.42 Å². The van der Waals surface area contributed by atoms with E-state index < -0.39 is 18.2 Å². The summed E-state index contributed by atoms with van der Waals surface area (Å²) in [5, 5.41) is 23.7. The second-order valence-electron chi connectivity index (χ2n) is 17.2. The number of ether oxygens (including phenoxy) is 1. The van der Waals surface area contributed by atoms with Gasteiger partial charge in [-0.25, -0.2) is 0 Å². The second kappa shape index (κ2) is 46.9. The van der Waals surface area contributed by atoms with Crippen LogP contribution in [-0.2, 0) is 14.3 Å². The molecule has 0 aromatic heterocycles. The van der Waals surface area contributed by atoms with Crippen molar-refractivity contribution >= 4 is 11.9 Å². The summed E-state index contributed by atoms with van der Waals surface area (Å²) in [6.07, 6.45) is 55.9. The van der Waals surface area contributed by atoms with Crippen molar-refractivity contribution in [3.8, 4) is 0 Å². The quantitative estimate of drug-likeness (QED) is 0.0323. The Labute approximate surface area is 366 Å². The minimum absolute atomic E-state index is 0.0669. The van der Waals surface area contributed by atoms with Crippen LogP contribution in [0.25, 0.3) is 0 Å². The summed E-state index contributed by atoms with van der Waals surface area (Å²) in [4.78, 5) is 26.1. The Bertz CT molecular complexity index is 1020. The summed E-state index contributed by atoms with van der Waals surface area (Å²) in [6, 6.07) is -0.705. The molecule has 0 aliphatic rings. The zero-order chi connectivity index (χ0) is 43.1. The number of hydrogen-bond acceptors (Lipinski definition) is 5. The number of unbranched alkanes of at least 4 members (excludes halogenated alkanes) is 25. The van der Waals surface area contributed by atoms with Crippen LogP contribution in [0.3, 0.4) is 0 Å². The van der Waals surface area contributed by atoms with Crippen LogP contribution in [0.1, 0.15) is 252 Å². The molecule has 0 saturated heterocycles. The van der Waals surface area contributed by atoms with Crippen molar-refractivity contribution in [3.05, 3.63) is 48.6 Å². The first-order valence-electron chi connectivity index (χ1n) is 25.4. The van der Waals surface area contributed by atoms with Crippen molar-refractivity contribution in [2.45, 2.75) is 270 Å². The lowest BCUT2D eigenvalue weighted by Crippen LogP contribution is -2.46. The van der Waals surface area contributed by atoms with Gasteiger partial charge in [-0.2, -0.15) is 0 Å². The number of nitrogens with one attached hydrogen (secondary N) is 1. The molecular weight excluding hydrogens is 731 g/mol. The highest BCUT2D eigenvalue weighted by molar-refractivity contribution is 5.77. The highest BCUT2D eigenvalue weighted by atomic mass is 16.5. The number of amides is 1. The second-order valence-corrected chi connectivity index (χ2v) is 17.2. The highest BCUT2D eigenvalue weighted by Crippen LogP contribution is 2.18. The normalized spacial score (nSPS) is 13.6. The van der Waals surface area contributed by atoms with Gasteiger partial charge in [0.05, 0.1) is 25.2 Å². The molecule has 3 N–H and O–H groups in total. The third kappa shape index (κ3) is 42.3. The van der Waals surface area contributed by atoms with Crippen LogP contribution in [-0.4, -0.2) is 46.9 Å². The molecule has 0 saturated carbocycles. The largest absolute Gasteiger partial charge is 0.462 e. The topological polar surface area (TPSA) is 95.9 Å². The standard InChI is InChI=1S/C53H97NO5/c1-4-7-10-13-16-19-22-25-26-27-28-31-34-37-40-43-46-53(58)59-49(44-41-38-35-32-29-23-20-17-14-11-8-5-2)47-52(57)54-50(48-55)51(56)45-42-39-36-33-30-24-21-18-15-12-9-6-3/h7,10,16,19,25-26,28,31,49-51,55-56H,4-6,8-9,11-15,17-18,20-24,27,29-30,32-48H2,1-3H3,(H,54,57)/b10-7+,19-16+,26-25+,31-28+. The molecule has 3 atom stereocenters. The van der Waals surface area contributed by atoms with Crippen molar-refractivity contribution in [2.24, 2.45) is 0 Å². The molecule has 0 radical (unpaired) electrons. The Balaban J connectivity index is 4.60. The van der Waals surface area contributed by atoms with Gasteiger partial charge in [-0.1, -0.05) is 223 Å². The van der Waals surface area contributed by atoms with Crippen LogP contribution in [0.5, 0.6) is 0 Å². The Morgan fingerprint density at radius 1 is 0.508 bits per heavy atom.